The van der Waals surface area contributed by atoms with Crippen LogP contribution in [-0.4, -0.2) is 32.5 Å². The molecule has 1 heterocycles. The monoisotopic (exact) mass is 337 g/mol. The molecule has 0 atom stereocenters. The molecule has 0 amide bonds. The van der Waals surface area contributed by atoms with Gasteiger partial charge in [-0.15, -0.1) is 11.3 Å². The fraction of sp³-hybridized carbons (Fsp3) is 0.429. The quantitative estimate of drug-likeness (QED) is 0.850. The molecule has 0 N–H and O–H groups in total. The Labute approximate surface area is 103 Å². The van der Waals surface area contributed by atoms with Gasteiger partial charge >= 0.3 is 6.18 Å². The van der Waals surface area contributed by atoms with Crippen LogP contribution in [0.2, 0.25) is 0 Å². The predicted octanol–water partition coefficient (Wildman–Crippen LogP) is 2.69. The molecule has 1 rings (SSSR count). The van der Waals surface area contributed by atoms with Crippen molar-refractivity contribution < 1.29 is 21.6 Å². The van der Waals surface area contributed by atoms with Gasteiger partial charge in [0.25, 0.3) is 10.0 Å². The van der Waals surface area contributed by atoms with Crippen LogP contribution in [0.5, 0.6) is 0 Å². The Bertz CT molecular complexity index is 468. The molecule has 0 unspecified atom stereocenters. The van der Waals surface area contributed by atoms with Crippen molar-refractivity contribution in [3.05, 3.63) is 15.9 Å². The third kappa shape index (κ3) is 3.19. The second kappa shape index (κ2) is 4.63. The van der Waals surface area contributed by atoms with Gasteiger partial charge in [0.05, 0.1) is 0 Å². The summed E-state index contributed by atoms with van der Waals surface area (Å²) in [4.78, 5) is 0. The van der Waals surface area contributed by atoms with Gasteiger partial charge in [-0.05, 0) is 27.4 Å². The number of alkyl halides is 3. The number of sulfonamides is 1. The summed E-state index contributed by atoms with van der Waals surface area (Å²) in [6.45, 7) is -1.50. The summed E-state index contributed by atoms with van der Waals surface area (Å²) in [7, 11) is -3.18. The van der Waals surface area contributed by atoms with Crippen molar-refractivity contribution in [1.29, 1.82) is 0 Å². The summed E-state index contributed by atoms with van der Waals surface area (Å²) in [6.07, 6.45) is -4.55. The van der Waals surface area contributed by atoms with Crippen molar-refractivity contribution in [3.63, 3.8) is 0 Å². The average Bonchev–Trinajstić information content (AvgIpc) is 2.48. The van der Waals surface area contributed by atoms with Gasteiger partial charge in [0.1, 0.15) is 10.8 Å². The number of thiophene rings is 1. The molecule has 1 aromatic rings. The molecular formula is C7H7BrF3NO2S2. The van der Waals surface area contributed by atoms with E-state index in [2.05, 4.69) is 15.9 Å². The summed E-state index contributed by atoms with van der Waals surface area (Å²) < 4.78 is 60.0. The van der Waals surface area contributed by atoms with Crippen LogP contribution < -0.4 is 0 Å². The topological polar surface area (TPSA) is 37.4 Å². The van der Waals surface area contributed by atoms with Crippen LogP contribution in [0.15, 0.2) is 20.1 Å². The molecule has 0 aliphatic rings. The van der Waals surface area contributed by atoms with Crippen LogP contribution in [0.3, 0.4) is 0 Å². The molecule has 0 saturated carbocycles. The first-order valence-electron chi connectivity index (χ1n) is 3.90. The van der Waals surface area contributed by atoms with Gasteiger partial charge in [0, 0.05) is 11.5 Å². The van der Waals surface area contributed by atoms with Crippen molar-refractivity contribution in [3.8, 4) is 0 Å². The summed E-state index contributed by atoms with van der Waals surface area (Å²) in [5.74, 6) is 0. The van der Waals surface area contributed by atoms with Crippen molar-refractivity contribution in [2.45, 2.75) is 10.4 Å². The Hall–Kier alpha value is -0.120. The summed E-state index contributed by atoms with van der Waals surface area (Å²) in [6, 6.07) is 1.47. The molecule has 0 aliphatic heterocycles. The lowest BCUT2D eigenvalue weighted by molar-refractivity contribution is -0.134. The normalized spacial score (nSPS) is 13.4. The predicted molar refractivity (Wildman–Crippen MR) is 57.9 cm³/mol. The maximum absolute atomic E-state index is 12.1. The molecule has 0 radical (unpaired) electrons. The minimum absolute atomic E-state index is 0.126. The Balaban J connectivity index is 3.00. The van der Waals surface area contributed by atoms with Crippen LogP contribution in [0.1, 0.15) is 0 Å². The Morgan fingerprint density at radius 3 is 2.44 bits per heavy atom. The second-order valence-corrected chi connectivity index (χ2v) is 6.94. The molecule has 0 aliphatic carbocycles. The zero-order chi connectivity index (χ0) is 12.6. The largest absolute Gasteiger partial charge is 0.402 e. The zero-order valence-corrected chi connectivity index (χ0v) is 11.2. The molecule has 92 valence electrons. The molecule has 0 bridgehead atoms. The molecule has 0 fully saturated rings. The van der Waals surface area contributed by atoms with Crippen molar-refractivity contribution in [2.75, 3.05) is 13.6 Å². The first kappa shape index (κ1) is 13.9. The smallest absolute Gasteiger partial charge is 0.206 e. The van der Waals surface area contributed by atoms with E-state index in [1.807, 2.05) is 0 Å². The van der Waals surface area contributed by atoms with Gasteiger partial charge < -0.3 is 0 Å². The van der Waals surface area contributed by atoms with Crippen molar-refractivity contribution >= 4 is 37.3 Å². The Morgan fingerprint density at radius 1 is 1.50 bits per heavy atom. The Kier molecular flexibility index (Phi) is 4.04. The third-order valence-electron chi connectivity index (χ3n) is 1.63. The molecule has 3 nitrogen and oxygen atoms in total. The molecule has 16 heavy (non-hydrogen) atoms. The number of nitrogens with zero attached hydrogens (tertiary/aromatic N) is 1. The summed E-state index contributed by atoms with van der Waals surface area (Å²) in [5, 5.41) is 1.48. The van der Waals surface area contributed by atoms with E-state index in [9.17, 15) is 21.6 Å². The van der Waals surface area contributed by atoms with Gasteiger partial charge in [-0.3, -0.25) is 0 Å². The molecule has 0 spiro atoms. The van der Waals surface area contributed by atoms with E-state index in [1.165, 1.54) is 11.4 Å². The third-order valence-corrected chi connectivity index (χ3v) is 6.08. The van der Waals surface area contributed by atoms with Gasteiger partial charge in [-0.1, -0.05) is 0 Å². The van der Waals surface area contributed by atoms with Crippen LogP contribution in [0.4, 0.5) is 13.2 Å². The zero-order valence-electron chi connectivity index (χ0n) is 7.95. The number of rotatable bonds is 3. The first-order chi connectivity index (χ1) is 7.14. The lowest BCUT2D eigenvalue weighted by Crippen LogP contribution is -2.35. The SMILES string of the molecule is CN(CC(F)(F)F)S(=O)(=O)c1sccc1Br. The number of hydrogen-bond acceptors (Lipinski definition) is 3. The fourth-order valence-corrected chi connectivity index (χ4v) is 4.60. The van der Waals surface area contributed by atoms with E-state index in [0.717, 1.165) is 18.4 Å². The molecule has 0 aromatic carbocycles. The maximum atomic E-state index is 12.1. The molecular weight excluding hydrogens is 331 g/mol. The minimum atomic E-state index is -4.55. The van der Waals surface area contributed by atoms with Crippen LogP contribution >= 0.6 is 27.3 Å². The van der Waals surface area contributed by atoms with Crippen molar-refractivity contribution in [2.24, 2.45) is 0 Å². The maximum Gasteiger partial charge on any atom is 0.402 e. The highest BCUT2D eigenvalue weighted by molar-refractivity contribution is 9.10. The van der Waals surface area contributed by atoms with Gasteiger partial charge in [0.2, 0.25) is 0 Å². The number of halogens is 4. The molecule has 1 aromatic heterocycles. The second-order valence-electron chi connectivity index (χ2n) is 2.93. The standard InChI is InChI=1S/C7H7BrF3NO2S2/c1-12(4-7(9,10)11)16(13,14)6-5(8)2-3-15-6/h2-3H,4H2,1H3. The highest BCUT2D eigenvalue weighted by atomic mass is 79.9. The van der Waals surface area contributed by atoms with E-state index < -0.39 is 22.7 Å². The first-order valence-corrected chi connectivity index (χ1v) is 7.02. The van der Waals surface area contributed by atoms with E-state index in [-0.39, 0.29) is 13.0 Å². The molecule has 9 heteroatoms. The lowest BCUT2D eigenvalue weighted by Gasteiger charge is -2.17. The van der Waals surface area contributed by atoms with Crippen molar-refractivity contribution in [1.82, 2.24) is 4.31 Å². The summed E-state index contributed by atoms with van der Waals surface area (Å²) in [5.41, 5.74) is 0. The summed E-state index contributed by atoms with van der Waals surface area (Å²) >= 11 is 3.84. The van der Waals surface area contributed by atoms with Crippen LogP contribution in [0, 0.1) is 0 Å². The number of hydrogen-bond donors (Lipinski definition) is 0. The van der Waals surface area contributed by atoms with Gasteiger partial charge in [0.15, 0.2) is 0 Å². The molecule has 0 saturated heterocycles. The van der Waals surface area contributed by atoms with Crippen LogP contribution in [0.25, 0.3) is 0 Å². The average molecular weight is 338 g/mol. The highest BCUT2D eigenvalue weighted by Gasteiger charge is 2.35. The van der Waals surface area contributed by atoms with E-state index >= 15 is 0 Å². The van der Waals surface area contributed by atoms with E-state index in [1.54, 1.807) is 0 Å². The minimum Gasteiger partial charge on any atom is -0.206 e. The van der Waals surface area contributed by atoms with E-state index in [4.69, 9.17) is 0 Å². The lowest BCUT2D eigenvalue weighted by atomic mass is 10.6. The fourth-order valence-electron chi connectivity index (χ4n) is 0.943. The van der Waals surface area contributed by atoms with Crippen LogP contribution in [-0.2, 0) is 10.0 Å². The van der Waals surface area contributed by atoms with E-state index in [0.29, 0.717) is 0 Å². The Morgan fingerprint density at radius 2 is 2.06 bits per heavy atom. The highest BCUT2D eigenvalue weighted by Crippen LogP contribution is 2.30. The van der Waals surface area contributed by atoms with Gasteiger partial charge in [-0.2, -0.15) is 17.5 Å². The van der Waals surface area contributed by atoms with Gasteiger partial charge in [-0.25, -0.2) is 8.42 Å².